The van der Waals surface area contributed by atoms with Crippen LogP contribution in [0.4, 0.5) is 0 Å². The Balaban J connectivity index is 1.70. The van der Waals surface area contributed by atoms with E-state index >= 15 is 0 Å². The maximum atomic E-state index is 13.7. The van der Waals surface area contributed by atoms with Gasteiger partial charge in [-0.2, -0.15) is 0 Å². The van der Waals surface area contributed by atoms with E-state index in [4.69, 9.17) is 15.5 Å². The van der Waals surface area contributed by atoms with Crippen molar-refractivity contribution in [2.24, 2.45) is 5.73 Å². The number of aromatic nitrogens is 2. The molecule has 4 rings (SSSR count). The summed E-state index contributed by atoms with van der Waals surface area (Å²) in [6, 6.07) is 15.2. The second kappa shape index (κ2) is 8.91. The lowest BCUT2D eigenvalue weighted by Crippen LogP contribution is -2.53. The van der Waals surface area contributed by atoms with Crippen LogP contribution < -0.4 is 11.3 Å². The van der Waals surface area contributed by atoms with Crippen LogP contribution >= 0.6 is 0 Å². The van der Waals surface area contributed by atoms with Gasteiger partial charge in [0, 0.05) is 12.1 Å². The van der Waals surface area contributed by atoms with Gasteiger partial charge in [0.2, 0.25) is 0 Å². The summed E-state index contributed by atoms with van der Waals surface area (Å²) in [6.07, 6.45) is 1.80. The molecule has 0 amide bonds. The quantitative estimate of drug-likeness (QED) is 0.661. The number of rotatable bonds is 6. The Labute approximate surface area is 183 Å². The van der Waals surface area contributed by atoms with Gasteiger partial charge >= 0.3 is 0 Å². The zero-order chi connectivity index (χ0) is 22.0. The largest absolute Gasteiger partial charge is 0.378 e. The topological polar surface area (TPSA) is 73.4 Å². The second-order valence-electron chi connectivity index (χ2n) is 9.00. The summed E-state index contributed by atoms with van der Waals surface area (Å²) in [6.45, 7) is 9.77. The van der Waals surface area contributed by atoms with Crippen molar-refractivity contribution in [3.63, 3.8) is 0 Å². The summed E-state index contributed by atoms with van der Waals surface area (Å²) in [4.78, 5) is 21.0. The van der Waals surface area contributed by atoms with E-state index in [9.17, 15) is 4.79 Å². The summed E-state index contributed by atoms with van der Waals surface area (Å²) in [5.74, 6) is 0.580. The highest BCUT2D eigenvalue weighted by Crippen LogP contribution is 2.22. The smallest absolute Gasteiger partial charge is 0.266 e. The van der Waals surface area contributed by atoms with E-state index in [1.165, 1.54) is 0 Å². The molecule has 1 unspecified atom stereocenters. The second-order valence-corrected chi connectivity index (χ2v) is 9.00. The molecule has 0 aliphatic carbocycles. The number of aryl methyl sites for hydroxylation is 1. The number of hydrogen-bond donors (Lipinski definition) is 1. The third-order valence-corrected chi connectivity index (χ3v) is 6.12. The van der Waals surface area contributed by atoms with Gasteiger partial charge in [0.15, 0.2) is 0 Å². The number of fused-ring (bicyclic) bond motifs is 1. The summed E-state index contributed by atoms with van der Waals surface area (Å²) in [5.41, 5.74) is 8.75. The van der Waals surface area contributed by atoms with Crippen molar-refractivity contribution in [3.05, 3.63) is 70.3 Å². The molecule has 1 fully saturated rings. The highest BCUT2D eigenvalue weighted by molar-refractivity contribution is 5.81. The maximum absolute atomic E-state index is 13.7. The summed E-state index contributed by atoms with van der Waals surface area (Å²) in [7, 11) is 0. The van der Waals surface area contributed by atoms with Crippen molar-refractivity contribution < 1.29 is 4.74 Å². The average molecular weight is 421 g/mol. The molecule has 6 nitrogen and oxygen atoms in total. The lowest BCUT2D eigenvalue weighted by molar-refractivity contribution is -0.0510. The van der Waals surface area contributed by atoms with E-state index in [1.54, 1.807) is 4.57 Å². The van der Waals surface area contributed by atoms with Crippen LogP contribution in [0.5, 0.6) is 0 Å². The Bertz CT molecular complexity index is 1110. The lowest BCUT2D eigenvalue weighted by atomic mass is 10.00. The third-order valence-electron chi connectivity index (χ3n) is 6.12. The van der Waals surface area contributed by atoms with Gasteiger partial charge in [-0.25, -0.2) is 4.98 Å². The minimum absolute atomic E-state index is 0.0464. The summed E-state index contributed by atoms with van der Waals surface area (Å²) < 4.78 is 7.30. The van der Waals surface area contributed by atoms with Crippen molar-refractivity contribution in [2.75, 3.05) is 26.3 Å². The van der Waals surface area contributed by atoms with Gasteiger partial charge in [0.25, 0.3) is 5.56 Å². The molecule has 1 aliphatic rings. The van der Waals surface area contributed by atoms with Gasteiger partial charge in [-0.3, -0.25) is 14.3 Å². The van der Waals surface area contributed by atoms with Crippen LogP contribution in [-0.4, -0.2) is 46.3 Å². The molecule has 1 aromatic heterocycles. The van der Waals surface area contributed by atoms with Crippen LogP contribution in [0, 0.1) is 0 Å². The molecule has 1 saturated heterocycles. The Hall–Kier alpha value is -2.54. The van der Waals surface area contributed by atoms with Crippen molar-refractivity contribution in [3.8, 4) is 5.69 Å². The van der Waals surface area contributed by atoms with Crippen LogP contribution in [0.3, 0.4) is 0 Å². The van der Waals surface area contributed by atoms with Gasteiger partial charge in [0.05, 0.1) is 35.8 Å². The van der Waals surface area contributed by atoms with E-state index in [0.29, 0.717) is 16.7 Å². The first-order valence-electron chi connectivity index (χ1n) is 11.1. The highest BCUT2D eigenvalue weighted by atomic mass is 16.5. The third kappa shape index (κ3) is 4.42. The number of benzene rings is 2. The molecule has 0 radical (unpaired) electrons. The van der Waals surface area contributed by atoms with Crippen molar-refractivity contribution in [2.45, 2.75) is 45.2 Å². The van der Waals surface area contributed by atoms with Crippen LogP contribution in [0.25, 0.3) is 16.6 Å². The predicted molar refractivity (Wildman–Crippen MR) is 125 cm³/mol. The first kappa shape index (κ1) is 21.7. The fourth-order valence-corrected chi connectivity index (χ4v) is 4.42. The van der Waals surface area contributed by atoms with E-state index < -0.39 is 0 Å². The molecule has 1 aliphatic heterocycles. The van der Waals surface area contributed by atoms with E-state index in [1.807, 2.05) is 49.4 Å². The molecule has 164 valence electrons. The van der Waals surface area contributed by atoms with E-state index in [-0.39, 0.29) is 17.1 Å². The minimum Gasteiger partial charge on any atom is -0.378 e. The Morgan fingerprint density at radius 2 is 1.94 bits per heavy atom. The molecule has 31 heavy (non-hydrogen) atoms. The van der Waals surface area contributed by atoms with Crippen LogP contribution in [0.1, 0.15) is 44.6 Å². The number of nitrogens with zero attached hydrogens (tertiary/aromatic N) is 3. The zero-order valence-corrected chi connectivity index (χ0v) is 18.7. The standard InChI is InChI=1S/C25H32N4O2/c1-18(26)23-27-21-13-7-9-19(10-8-14-28-15-16-31-17-25(28,2)3)22(21)24(30)29(23)20-11-5-4-6-12-20/h4-7,9,11-13,18H,8,10,14-17,26H2,1-3H3. The molecule has 0 bridgehead atoms. The van der Waals surface area contributed by atoms with Gasteiger partial charge in [-0.15, -0.1) is 0 Å². The maximum Gasteiger partial charge on any atom is 0.266 e. The molecule has 2 N–H and O–H groups in total. The predicted octanol–water partition coefficient (Wildman–Crippen LogP) is 3.45. The average Bonchev–Trinajstić information content (AvgIpc) is 2.75. The van der Waals surface area contributed by atoms with Crippen molar-refractivity contribution in [1.82, 2.24) is 14.5 Å². The first-order valence-corrected chi connectivity index (χ1v) is 11.1. The van der Waals surface area contributed by atoms with Gasteiger partial charge in [-0.1, -0.05) is 30.3 Å². The fraction of sp³-hybridized carbons (Fsp3) is 0.440. The van der Waals surface area contributed by atoms with Crippen LogP contribution in [0.15, 0.2) is 53.3 Å². The molecular formula is C25H32N4O2. The van der Waals surface area contributed by atoms with Crippen LogP contribution in [-0.2, 0) is 11.2 Å². The Kier molecular flexibility index (Phi) is 6.23. The fourth-order valence-electron chi connectivity index (χ4n) is 4.42. The molecule has 2 aromatic carbocycles. The van der Waals surface area contributed by atoms with E-state index in [0.717, 1.165) is 50.4 Å². The molecule has 0 saturated carbocycles. The van der Waals surface area contributed by atoms with Gasteiger partial charge < -0.3 is 10.5 Å². The van der Waals surface area contributed by atoms with Gasteiger partial charge in [0.1, 0.15) is 5.82 Å². The number of ether oxygens (including phenoxy) is 1. The lowest BCUT2D eigenvalue weighted by Gasteiger charge is -2.42. The minimum atomic E-state index is -0.357. The molecule has 3 aromatic rings. The number of para-hydroxylation sites is 1. The monoisotopic (exact) mass is 420 g/mol. The zero-order valence-electron chi connectivity index (χ0n) is 18.7. The highest BCUT2D eigenvalue weighted by Gasteiger charge is 2.29. The summed E-state index contributed by atoms with van der Waals surface area (Å²) in [5, 5.41) is 0.692. The van der Waals surface area contributed by atoms with E-state index in [2.05, 4.69) is 24.8 Å². The number of morpholine rings is 1. The number of hydrogen-bond acceptors (Lipinski definition) is 5. The molecule has 6 heteroatoms. The van der Waals surface area contributed by atoms with Gasteiger partial charge in [-0.05, 0) is 63.9 Å². The number of nitrogens with two attached hydrogens (primary N) is 1. The Morgan fingerprint density at radius 1 is 1.16 bits per heavy atom. The van der Waals surface area contributed by atoms with Crippen molar-refractivity contribution in [1.29, 1.82) is 0 Å². The molecular weight excluding hydrogens is 388 g/mol. The molecule has 1 atom stereocenters. The normalized spacial score (nSPS) is 17.7. The Morgan fingerprint density at radius 3 is 2.65 bits per heavy atom. The molecule has 0 spiro atoms. The first-order chi connectivity index (χ1) is 14.9. The molecule has 2 heterocycles. The SMILES string of the molecule is CC(N)c1nc2cccc(CCCN3CCOCC3(C)C)c2c(=O)n1-c1ccccc1. The van der Waals surface area contributed by atoms with Crippen molar-refractivity contribution >= 4 is 10.9 Å². The summed E-state index contributed by atoms with van der Waals surface area (Å²) >= 11 is 0. The van der Waals surface area contributed by atoms with Crippen LogP contribution in [0.2, 0.25) is 0 Å².